The van der Waals surface area contributed by atoms with E-state index in [1.54, 1.807) is 24.3 Å². The van der Waals surface area contributed by atoms with Crippen LogP contribution in [0.15, 0.2) is 42.5 Å². The molecule has 0 atom stereocenters. The van der Waals surface area contributed by atoms with E-state index in [2.05, 4.69) is 15.4 Å². The maximum atomic E-state index is 12.6. The van der Waals surface area contributed by atoms with Crippen LogP contribution in [0.1, 0.15) is 52.8 Å². The SMILES string of the molecule is COC(=O)c1cccc(NC(=O)c2cccc(NC(=O)C3CCCCC3)c2)c1O. The summed E-state index contributed by atoms with van der Waals surface area (Å²) in [7, 11) is 1.21. The van der Waals surface area contributed by atoms with Gasteiger partial charge in [-0.25, -0.2) is 4.79 Å². The molecule has 1 saturated carbocycles. The Labute approximate surface area is 169 Å². The minimum absolute atomic E-state index is 0.0132. The average Bonchev–Trinajstić information content (AvgIpc) is 2.75. The molecule has 0 spiro atoms. The summed E-state index contributed by atoms with van der Waals surface area (Å²) in [6.45, 7) is 0. The zero-order valence-electron chi connectivity index (χ0n) is 16.2. The summed E-state index contributed by atoms with van der Waals surface area (Å²) >= 11 is 0. The Kier molecular flexibility index (Phi) is 6.49. The maximum Gasteiger partial charge on any atom is 0.341 e. The van der Waals surface area contributed by atoms with Gasteiger partial charge in [-0.2, -0.15) is 0 Å². The molecule has 1 fully saturated rings. The zero-order chi connectivity index (χ0) is 20.8. The lowest BCUT2D eigenvalue weighted by Gasteiger charge is -2.20. The quantitative estimate of drug-likeness (QED) is 0.524. The van der Waals surface area contributed by atoms with E-state index < -0.39 is 11.9 Å². The molecule has 2 aromatic rings. The van der Waals surface area contributed by atoms with E-state index in [9.17, 15) is 19.5 Å². The van der Waals surface area contributed by atoms with Crippen LogP contribution >= 0.6 is 0 Å². The third kappa shape index (κ3) is 4.93. The number of hydrogen-bond donors (Lipinski definition) is 3. The lowest BCUT2D eigenvalue weighted by Crippen LogP contribution is -2.24. The molecule has 0 radical (unpaired) electrons. The van der Waals surface area contributed by atoms with Gasteiger partial charge in [-0.1, -0.05) is 31.4 Å². The number of carbonyl (C=O) groups excluding carboxylic acids is 3. The molecule has 2 aromatic carbocycles. The van der Waals surface area contributed by atoms with Gasteiger partial charge >= 0.3 is 5.97 Å². The fraction of sp³-hybridized carbons (Fsp3) is 0.318. The van der Waals surface area contributed by atoms with Gasteiger partial charge in [0.05, 0.1) is 12.8 Å². The van der Waals surface area contributed by atoms with E-state index in [1.165, 1.54) is 31.7 Å². The highest BCUT2D eigenvalue weighted by atomic mass is 16.5. The third-order valence-corrected chi connectivity index (χ3v) is 5.06. The van der Waals surface area contributed by atoms with Crippen molar-refractivity contribution in [3.63, 3.8) is 0 Å². The van der Waals surface area contributed by atoms with E-state index in [1.807, 2.05) is 0 Å². The molecule has 29 heavy (non-hydrogen) atoms. The number of phenolic OH excluding ortho intramolecular Hbond substituents is 1. The Bertz CT molecular complexity index is 919. The number of amides is 2. The van der Waals surface area contributed by atoms with Crippen LogP contribution < -0.4 is 10.6 Å². The number of carbonyl (C=O) groups is 3. The van der Waals surface area contributed by atoms with Crippen molar-refractivity contribution >= 4 is 29.2 Å². The summed E-state index contributed by atoms with van der Waals surface area (Å²) in [5, 5.41) is 15.7. The second kappa shape index (κ2) is 9.23. The predicted molar refractivity (Wildman–Crippen MR) is 109 cm³/mol. The Hall–Kier alpha value is -3.35. The van der Waals surface area contributed by atoms with Gasteiger partial charge in [0.1, 0.15) is 5.56 Å². The van der Waals surface area contributed by atoms with Crippen LogP contribution in [0.4, 0.5) is 11.4 Å². The number of para-hydroxylation sites is 1. The van der Waals surface area contributed by atoms with Crippen molar-refractivity contribution in [2.45, 2.75) is 32.1 Å². The number of anilines is 2. The molecular formula is C22H24N2O5. The first kappa shape index (κ1) is 20.4. The number of aromatic hydroxyl groups is 1. The standard InChI is InChI=1S/C22H24N2O5/c1-29-22(28)17-11-6-12-18(19(17)25)24-21(27)15-9-5-10-16(13-15)23-20(26)14-7-3-2-4-8-14/h5-6,9-14,25H,2-4,7-8H2,1H3,(H,23,26)(H,24,27). The Morgan fingerprint density at radius 2 is 1.72 bits per heavy atom. The van der Waals surface area contributed by atoms with Gasteiger partial charge in [-0.3, -0.25) is 9.59 Å². The number of benzene rings is 2. The molecule has 1 aliphatic rings. The molecule has 0 saturated heterocycles. The first-order valence-electron chi connectivity index (χ1n) is 9.62. The smallest absolute Gasteiger partial charge is 0.341 e. The molecule has 7 heteroatoms. The molecule has 1 aliphatic carbocycles. The number of methoxy groups -OCH3 is 1. The van der Waals surface area contributed by atoms with Crippen molar-refractivity contribution in [1.82, 2.24) is 0 Å². The van der Waals surface area contributed by atoms with Crippen molar-refractivity contribution in [2.24, 2.45) is 5.92 Å². The van der Waals surface area contributed by atoms with Crippen molar-refractivity contribution in [3.05, 3.63) is 53.6 Å². The highest BCUT2D eigenvalue weighted by molar-refractivity contribution is 6.07. The fourth-order valence-corrected chi connectivity index (χ4v) is 3.46. The number of ether oxygens (including phenoxy) is 1. The second-order valence-corrected chi connectivity index (χ2v) is 7.05. The van der Waals surface area contributed by atoms with Crippen molar-refractivity contribution in [3.8, 4) is 5.75 Å². The van der Waals surface area contributed by atoms with E-state index in [-0.39, 0.29) is 28.8 Å². The molecule has 152 valence electrons. The van der Waals surface area contributed by atoms with Gasteiger partial charge in [0.2, 0.25) is 5.91 Å². The number of rotatable bonds is 5. The van der Waals surface area contributed by atoms with E-state index in [0.717, 1.165) is 25.7 Å². The summed E-state index contributed by atoms with van der Waals surface area (Å²) in [5.41, 5.74) is 0.906. The molecule has 2 amide bonds. The second-order valence-electron chi connectivity index (χ2n) is 7.05. The molecule has 0 unspecified atom stereocenters. The summed E-state index contributed by atoms with van der Waals surface area (Å²) < 4.78 is 4.61. The lowest BCUT2D eigenvalue weighted by molar-refractivity contribution is -0.120. The van der Waals surface area contributed by atoms with Gasteiger partial charge in [-0.15, -0.1) is 0 Å². The minimum Gasteiger partial charge on any atom is -0.505 e. The van der Waals surface area contributed by atoms with Crippen molar-refractivity contribution in [1.29, 1.82) is 0 Å². The number of phenols is 1. The molecule has 0 heterocycles. The van der Waals surface area contributed by atoms with Crippen LogP contribution in [-0.4, -0.2) is 30.0 Å². The Morgan fingerprint density at radius 3 is 2.45 bits per heavy atom. The number of nitrogens with one attached hydrogen (secondary N) is 2. The minimum atomic E-state index is -0.703. The van der Waals surface area contributed by atoms with Gasteiger partial charge in [0.25, 0.3) is 5.91 Å². The Balaban J connectivity index is 1.71. The molecule has 3 rings (SSSR count). The normalized spacial score (nSPS) is 14.1. The number of hydrogen-bond acceptors (Lipinski definition) is 5. The molecule has 3 N–H and O–H groups in total. The van der Waals surface area contributed by atoms with Crippen LogP contribution in [0.2, 0.25) is 0 Å². The van der Waals surface area contributed by atoms with Crippen LogP contribution in [0.3, 0.4) is 0 Å². The summed E-state index contributed by atoms with van der Waals surface area (Å²) in [4.78, 5) is 36.7. The largest absolute Gasteiger partial charge is 0.505 e. The molecular weight excluding hydrogens is 372 g/mol. The summed E-state index contributed by atoms with van der Waals surface area (Å²) in [6, 6.07) is 11.0. The highest BCUT2D eigenvalue weighted by Gasteiger charge is 2.21. The molecule has 0 aliphatic heterocycles. The van der Waals surface area contributed by atoms with Gasteiger partial charge in [-0.05, 0) is 43.2 Å². The predicted octanol–water partition coefficient (Wildman–Crippen LogP) is 3.95. The first-order valence-corrected chi connectivity index (χ1v) is 9.62. The van der Waals surface area contributed by atoms with Crippen molar-refractivity contribution < 1.29 is 24.2 Å². The highest BCUT2D eigenvalue weighted by Crippen LogP contribution is 2.29. The monoisotopic (exact) mass is 396 g/mol. The van der Waals surface area contributed by atoms with Gasteiger partial charge < -0.3 is 20.5 Å². The first-order chi connectivity index (χ1) is 14.0. The third-order valence-electron chi connectivity index (χ3n) is 5.06. The van der Waals surface area contributed by atoms with E-state index in [4.69, 9.17) is 0 Å². The molecule has 0 aromatic heterocycles. The maximum absolute atomic E-state index is 12.6. The topological polar surface area (TPSA) is 105 Å². The average molecular weight is 396 g/mol. The van der Waals surface area contributed by atoms with Crippen LogP contribution in [0.25, 0.3) is 0 Å². The van der Waals surface area contributed by atoms with Gasteiger partial charge in [0.15, 0.2) is 5.75 Å². The van der Waals surface area contributed by atoms with Gasteiger partial charge in [0, 0.05) is 17.2 Å². The van der Waals surface area contributed by atoms with Crippen LogP contribution in [0, 0.1) is 5.92 Å². The van der Waals surface area contributed by atoms with Crippen LogP contribution in [-0.2, 0) is 9.53 Å². The molecule has 7 nitrogen and oxygen atoms in total. The van der Waals surface area contributed by atoms with E-state index in [0.29, 0.717) is 11.3 Å². The fourth-order valence-electron chi connectivity index (χ4n) is 3.46. The number of esters is 1. The summed E-state index contributed by atoms with van der Waals surface area (Å²) in [5.74, 6) is -1.55. The summed E-state index contributed by atoms with van der Waals surface area (Å²) in [6.07, 6.45) is 5.08. The molecule has 0 bridgehead atoms. The van der Waals surface area contributed by atoms with E-state index >= 15 is 0 Å². The lowest BCUT2D eigenvalue weighted by atomic mass is 9.88. The van der Waals surface area contributed by atoms with Crippen molar-refractivity contribution in [2.75, 3.05) is 17.7 Å². The van der Waals surface area contributed by atoms with Crippen LogP contribution in [0.5, 0.6) is 5.75 Å². The Morgan fingerprint density at radius 1 is 1.00 bits per heavy atom. The zero-order valence-corrected chi connectivity index (χ0v) is 16.2.